The Kier molecular flexibility index (Phi) is 3.31. The Labute approximate surface area is 117 Å². The monoisotopic (exact) mass is 264 g/mol. The molecule has 1 aromatic heterocycles. The Morgan fingerprint density at radius 2 is 1.80 bits per heavy atom. The minimum absolute atomic E-state index is 0.0402. The van der Waals surface area contributed by atoms with Gasteiger partial charge in [-0.25, -0.2) is 0 Å². The van der Waals surface area contributed by atoms with Crippen molar-refractivity contribution < 1.29 is 0 Å². The summed E-state index contributed by atoms with van der Waals surface area (Å²) in [5, 5.41) is 13.7. The second kappa shape index (κ2) is 5.27. The van der Waals surface area contributed by atoms with E-state index in [1.165, 1.54) is 0 Å². The minimum atomic E-state index is -0.0402. The van der Waals surface area contributed by atoms with Crippen molar-refractivity contribution in [3.8, 4) is 0 Å². The molecule has 4 heteroatoms. The summed E-state index contributed by atoms with van der Waals surface area (Å²) in [6.07, 6.45) is 1.76. The first-order valence-electron chi connectivity index (χ1n) is 6.57. The van der Waals surface area contributed by atoms with Gasteiger partial charge in [-0.2, -0.15) is 5.10 Å². The molecule has 1 unspecified atom stereocenters. The van der Waals surface area contributed by atoms with E-state index in [9.17, 15) is 0 Å². The summed E-state index contributed by atoms with van der Waals surface area (Å²) in [6.45, 7) is 1.97. The number of rotatable bonds is 3. The second-order valence-corrected chi connectivity index (χ2v) is 4.78. The van der Waals surface area contributed by atoms with Gasteiger partial charge in [0.2, 0.25) is 0 Å². The van der Waals surface area contributed by atoms with Gasteiger partial charge in [0, 0.05) is 22.5 Å². The van der Waals surface area contributed by atoms with Crippen molar-refractivity contribution in [2.75, 3.05) is 5.32 Å². The van der Waals surface area contributed by atoms with Crippen LogP contribution in [0.25, 0.3) is 10.8 Å². The predicted molar refractivity (Wildman–Crippen MR) is 81.9 cm³/mol. The SMILES string of the molecule is CC(N)c1ccccc1Nc1nncc2ccccc12. The molecule has 3 aromatic rings. The molecule has 0 bridgehead atoms. The highest BCUT2D eigenvalue weighted by molar-refractivity contribution is 5.92. The van der Waals surface area contributed by atoms with Gasteiger partial charge >= 0.3 is 0 Å². The number of nitrogens with zero attached hydrogens (tertiary/aromatic N) is 2. The lowest BCUT2D eigenvalue weighted by Gasteiger charge is -2.14. The van der Waals surface area contributed by atoms with E-state index in [0.717, 1.165) is 27.8 Å². The fraction of sp³-hybridized carbons (Fsp3) is 0.125. The first-order valence-corrected chi connectivity index (χ1v) is 6.57. The maximum Gasteiger partial charge on any atom is 0.160 e. The maximum absolute atomic E-state index is 6.00. The largest absolute Gasteiger partial charge is 0.338 e. The predicted octanol–water partition coefficient (Wildman–Crippen LogP) is 3.39. The molecule has 3 N–H and O–H groups in total. The van der Waals surface area contributed by atoms with Crippen molar-refractivity contribution in [3.05, 3.63) is 60.3 Å². The standard InChI is InChI=1S/C16H16N4/c1-11(17)13-7-4-5-9-15(13)19-16-14-8-3-2-6-12(14)10-18-20-16/h2-11H,17H2,1H3,(H,19,20). The molecule has 4 nitrogen and oxygen atoms in total. The fourth-order valence-electron chi connectivity index (χ4n) is 2.26. The number of benzene rings is 2. The molecular formula is C16H16N4. The Balaban J connectivity index is 2.06. The van der Waals surface area contributed by atoms with Crippen LogP contribution in [0.4, 0.5) is 11.5 Å². The molecule has 1 heterocycles. The van der Waals surface area contributed by atoms with Gasteiger partial charge in [0.05, 0.1) is 6.20 Å². The molecule has 20 heavy (non-hydrogen) atoms. The molecular weight excluding hydrogens is 248 g/mol. The number of para-hydroxylation sites is 1. The average Bonchev–Trinajstić information content (AvgIpc) is 2.48. The van der Waals surface area contributed by atoms with Crippen LogP contribution in [0.1, 0.15) is 18.5 Å². The summed E-state index contributed by atoms with van der Waals surface area (Å²) in [7, 11) is 0. The van der Waals surface area contributed by atoms with Gasteiger partial charge in [-0.15, -0.1) is 5.10 Å². The van der Waals surface area contributed by atoms with Crippen LogP contribution in [-0.2, 0) is 0 Å². The Bertz CT molecular complexity index is 732. The Morgan fingerprint density at radius 1 is 1.05 bits per heavy atom. The van der Waals surface area contributed by atoms with Crippen LogP contribution < -0.4 is 11.1 Å². The van der Waals surface area contributed by atoms with Crippen molar-refractivity contribution >= 4 is 22.3 Å². The molecule has 0 aliphatic heterocycles. The molecule has 2 aromatic carbocycles. The van der Waals surface area contributed by atoms with Crippen LogP contribution in [0.3, 0.4) is 0 Å². The van der Waals surface area contributed by atoms with E-state index in [-0.39, 0.29) is 6.04 Å². The van der Waals surface area contributed by atoms with Crippen molar-refractivity contribution in [3.63, 3.8) is 0 Å². The lowest BCUT2D eigenvalue weighted by Crippen LogP contribution is -2.08. The van der Waals surface area contributed by atoms with E-state index < -0.39 is 0 Å². The number of nitrogens with one attached hydrogen (secondary N) is 1. The third-order valence-electron chi connectivity index (χ3n) is 3.27. The third-order valence-corrected chi connectivity index (χ3v) is 3.27. The fourth-order valence-corrected chi connectivity index (χ4v) is 2.26. The zero-order valence-electron chi connectivity index (χ0n) is 11.2. The quantitative estimate of drug-likeness (QED) is 0.761. The average molecular weight is 264 g/mol. The van der Waals surface area contributed by atoms with Gasteiger partial charge in [0.1, 0.15) is 0 Å². The highest BCUT2D eigenvalue weighted by Crippen LogP contribution is 2.27. The molecule has 1 atom stereocenters. The summed E-state index contributed by atoms with van der Waals surface area (Å²) >= 11 is 0. The molecule has 0 spiro atoms. The van der Waals surface area contributed by atoms with Crippen LogP contribution in [0, 0.1) is 0 Å². The molecule has 0 aliphatic rings. The van der Waals surface area contributed by atoms with Gasteiger partial charge in [0.25, 0.3) is 0 Å². The Hall–Kier alpha value is -2.46. The topological polar surface area (TPSA) is 63.8 Å². The van der Waals surface area contributed by atoms with Gasteiger partial charge in [-0.05, 0) is 18.6 Å². The first-order chi connectivity index (χ1) is 9.75. The highest BCUT2D eigenvalue weighted by atomic mass is 15.2. The number of hydrogen-bond donors (Lipinski definition) is 2. The molecule has 0 radical (unpaired) electrons. The van der Waals surface area contributed by atoms with Crippen LogP contribution in [0.5, 0.6) is 0 Å². The number of aromatic nitrogens is 2. The molecule has 3 rings (SSSR count). The second-order valence-electron chi connectivity index (χ2n) is 4.78. The van der Waals surface area contributed by atoms with Gasteiger partial charge in [-0.1, -0.05) is 42.5 Å². The lowest BCUT2D eigenvalue weighted by atomic mass is 10.1. The van der Waals surface area contributed by atoms with E-state index in [1.54, 1.807) is 6.20 Å². The molecule has 0 saturated carbocycles. The Morgan fingerprint density at radius 3 is 2.65 bits per heavy atom. The van der Waals surface area contributed by atoms with Gasteiger partial charge in [-0.3, -0.25) is 0 Å². The highest BCUT2D eigenvalue weighted by Gasteiger charge is 2.08. The van der Waals surface area contributed by atoms with E-state index >= 15 is 0 Å². The van der Waals surface area contributed by atoms with E-state index in [1.807, 2.05) is 55.5 Å². The summed E-state index contributed by atoms with van der Waals surface area (Å²) in [5.74, 6) is 0.746. The summed E-state index contributed by atoms with van der Waals surface area (Å²) in [4.78, 5) is 0. The van der Waals surface area contributed by atoms with E-state index in [4.69, 9.17) is 5.73 Å². The summed E-state index contributed by atoms with van der Waals surface area (Å²) in [6, 6.07) is 16.0. The summed E-state index contributed by atoms with van der Waals surface area (Å²) in [5.41, 5.74) is 8.03. The lowest BCUT2D eigenvalue weighted by molar-refractivity contribution is 0.820. The zero-order valence-corrected chi connectivity index (χ0v) is 11.2. The molecule has 100 valence electrons. The molecule has 0 fully saturated rings. The number of hydrogen-bond acceptors (Lipinski definition) is 4. The van der Waals surface area contributed by atoms with Gasteiger partial charge in [0.15, 0.2) is 5.82 Å². The van der Waals surface area contributed by atoms with Crippen LogP contribution in [0.15, 0.2) is 54.7 Å². The van der Waals surface area contributed by atoms with E-state index in [0.29, 0.717) is 0 Å². The van der Waals surface area contributed by atoms with E-state index in [2.05, 4.69) is 15.5 Å². The van der Waals surface area contributed by atoms with Gasteiger partial charge < -0.3 is 11.1 Å². The van der Waals surface area contributed by atoms with Crippen LogP contribution in [0.2, 0.25) is 0 Å². The van der Waals surface area contributed by atoms with Crippen LogP contribution >= 0.6 is 0 Å². The normalized spacial score (nSPS) is 12.3. The smallest absolute Gasteiger partial charge is 0.160 e. The molecule has 0 amide bonds. The molecule has 0 aliphatic carbocycles. The zero-order chi connectivity index (χ0) is 13.9. The number of anilines is 2. The van der Waals surface area contributed by atoms with Crippen molar-refractivity contribution in [1.29, 1.82) is 0 Å². The molecule has 0 saturated heterocycles. The first kappa shape index (κ1) is 12.6. The van der Waals surface area contributed by atoms with Crippen molar-refractivity contribution in [1.82, 2.24) is 10.2 Å². The number of fused-ring (bicyclic) bond motifs is 1. The van der Waals surface area contributed by atoms with Crippen molar-refractivity contribution in [2.45, 2.75) is 13.0 Å². The third kappa shape index (κ3) is 2.33. The van der Waals surface area contributed by atoms with Crippen molar-refractivity contribution in [2.24, 2.45) is 5.73 Å². The minimum Gasteiger partial charge on any atom is -0.338 e. The maximum atomic E-state index is 6.00. The summed E-state index contributed by atoms with van der Waals surface area (Å²) < 4.78 is 0. The van der Waals surface area contributed by atoms with Crippen LogP contribution in [-0.4, -0.2) is 10.2 Å². The number of nitrogens with two attached hydrogens (primary N) is 1.